The van der Waals surface area contributed by atoms with Crippen molar-refractivity contribution < 1.29 is 4.52 Å². The number of H-pyrrole nitrogens is 1. The highest BCUT2D eigenvalue weighted by Gasteiger charge is 2.29. The fourth-order valence-corrected chi connectivity index (χ4v) is 3.28. The lowest BCUT2D eigenvalue weighted by Gasteiger charge is -2.32. The van der Waals surface area contributed by atoms with E-state index in [1.54, 1.807) is 0 Å². The zero-order valence-corrected chi connectivity index (χ0v) is 13.3. The lowest BCUT2D eigenvalue weighted by molar-refractivity contribution is 0.109. The molecule has 0 aliphatic carbocycles. The van der Waals surface area contributed by atoms with E-state index in [4.69, 9.17) is 9.51 Å². The van der Waals surface area contributed by atoms with Crippen LogP contribution in [0, 0.1) is 0 Å². The van der Waals surface area contributed by atoms with Gasteiger partial charge in [-0.1, -0.05) is 30.6 Å². The van der Waals surface area contributed by atoms with Gasteiger partial charge in [0.2, 0.25) is 5.89 Å². The number of piperidine rings is 1. The van der Waals surface area contributed by atoms with Crippen LogP contribution in [0.3, 0.4) is 0 Å². The Labute approximate surface area is 134 Å². The molecule has 0 amide bonds. The highest BCUT2D eigenvalue weighted by molar-refractivity contribution is 5.74. The quantitative estimate of drug-likeness (QED) is 0.801. The van der Waals surface area contributed by atoms with Crippen molar-refractivity contribution in [3.05, 3.63) is 41.8 Å². The highest BCUT2D eigenvalue weighted by Crippen LogP contribution is 2.31. The molecule has 3 heterocycles. The van der Waals surface area contributed by atoms with E-state index < -0.39 is 0 Å². The van der Waals surface area contributed by atoms with Gasteiger partial charge in [0.15, 0.2) is 5.82 Å². The maximum absolute atomic E-state index is 5.49. The maximum Gasteiger partial charge on any atom is 0.244 e. The number of nitrogens with zero attached hydrogens (tertiary/aromatic N) is 4. The summed E-state index contributed by atoms with van der Waals surface area (Å²) in [6.07, 6.45) is 4.27. The van der Waals surface area contributed by atoms with Crippen LogP contribution in [0.15, 0.2) is 28.8 Å². The van der Waals surface area contributed by atoms with Crippen molar-refractivity contribution in [1.29, 1.82) is 0 Å². The van der Waals surface area contributed by atoms with E-state index in [0.29, 0.717) is 0 Å². The Hall–Kier alpha value is -2.21. The minimum absolute atomic E-state index is 0.199. The minimum Gasteiger partial charge on any atom is -0.341 e. The van der Waals surface area contributed by atoms with Gasteiger partial charge in [0, 0.05) is 6.42 Å². The monoisotopic (exact) mass is 311 g/mol. The lowest BCUT2D eigenvalue weighted by Crippen LogP contribution is -2.33. The Balaban J connectivity index is 1.57. The van der Waals surface area contributed by atoms with E-state index in [-0.39, 0.29) is 6.04 Å². The molecule has 0 spiro atoms. The van der Waals surface area contributed by atoms with Crippen molar-refractivity contribution in [3.8, 4) is 0 Å². The fourth-order valence-electron chi connectivity index (χ4n) is 3.28. The second kappa shape index (κ2) is 6.12. The molecule has 6 heteroatoms. The molecule has 1 saturated heterocycles. The number of fused-ring (bicyclic) bond motifs is 1. The van der Waals surface area contributed by atoms with Crippen molar-refractivity contribution >= 4 is 11.0 Å². The Morgan fingerprint density at radius 1 is 1.26 bits per heavy atom. The van der Waals surface area contributed by atoms with Crippen molar-refractivity contribution in [2.24, 2.45) is 0 Å². The third-order valence-corrected chi connectivity index (χ3v) is 4.49. The first-order valence-corrected chi connectivity index (χ1v) is 8.33. The van der Waals surface area contributed by atoms with Crippen LogP contribution in [0.4, 0.5) is 0 Å². The summed E-state index contributed by atoms with van der Waals surface area (Å²) in [5.41, 5.74) is 2.10. The number of aryl methyl sites for hydroxylation is 1. The Kier molecular flexibility index (Phi) is 3.83. The van der Waals surface area contributed by atoms with E-state index in [2.05, 4.69) is 26.1 Å². The molecule has 4 rings (SSSR count). The predicted octanol–water partition coefficient (Wildman–Crippen LogP) is 3.24. The molecule has 0 radical (unpaired) electrons. The molecule has 6 nitrogen and oxygen atoms in total. The fraction of sp³-hybridized carbons (Fsp3) is 0.471. The zero-order chi connectivity index (χ0) is 15.6. The second-order valence-electron chi connectivity index (χ2n) is 6.09. The van der Waals surface area contributed by atoms with E-state index in [0.717, 1.165) is 54.5 Å². The third-order valence-electron chi connectivity index (χ3n) is 4.49. The van der Waals surface area contributed by atoms with Gasteiger partial charge < -0.3 is 9.51 Å². The maximum atomic E-state index is 5.49. The van der Waals surface area contributed by atoms with Gasteiger partial charge >= 0.3 is 0 Å². The van der Waals surface area contributed by atoms with Gasteiger partial charge in [-0.2, -0.15) is 4.98 Å². The number of aromatic amines is 1. The van der Waals surface area contributed by atoms with Crippen LogP contribution >= 0.6 is 0 Å². The molecule has 1 aromatic carbocycles. The molecule has 120 valence electrons. The summed E-state index contributed by atoms with van der Waals surface area (Å²) in [6.45, 7) is 3.86. The number of para-hydroxylation sites is 2. The number of hydrogen-bond donors (Lipinski definition) is 1. The molecular weight excluding hydrogens is 290 g/mol. The molecule has 1 aliphatic rings. The number of hydrogen-bond acceptors (Lipinski definition) is 5. The SMILES string of the molecule is CCc1noc(C2CCCCN2Cc2nc3ccccc3[nH]2)n1. The number of imidazole rings is 1. The summed E-state index contributed by atoms with van der Waals surface area (Å²) >= 11 is 0. The van der Waals surface area contributed by atoms with Gasteiger partial charge in [-0.15, -0.1) is 0 Å². The zero-order valence-electron chi connectivity index (χ0n) is 13.3. The summed E-state index contributed by atoms with van der Waals surface area (Å²) in [5, 5.41) is 4.05. The van der Waals surface area contributed by atoms with Gasteiger partial charge in [0.05, 0.1) is 23.6 Å². The number of benzene rings is 1. The molecule has 1 atom stereocenters. The van der Waals surface area contributed by atoms with Gasteiger partial charge in [0.1, 0.15) is 5.82 Å². The number of rotatable bonds is 4. The van der Waals surface area contributed by atoms with Crippen LogP contribution in [0.5, 0.6) is 0 Å². The first-order valence-electron chi connectivity index (χ1n) is 8.33. The van der Waals surface area contributed by atoms with Crippen LogP contribution in [0.25, 0.3) is 11.0 Å². The normalized spacial score (nSPS) is 19.4. The minimum atomic E-state index is 0.199. The molecule has 3 aromatic rings. The molecule has 1 unspecified atom stereocenters. The molecule has 23 heavy (non-hydrogen) atoms. The van der Waals surface area contributed by atoms with E-state index in [1.165, 1.54) is 12.8 Å². The van der Waals surface area contributed by atoms with Crippen molar-refractivity contribution in [3.63, 3.8) is 0 Å². The average Bonchev–Trinajstić information content (AvgIpc) is 3.21. The summed E-state index contributed by atoms with van der Waals surface area (Å²) in [4.78, 5) is 15.0. The Morgan fingerprint density at radius 3 is 3.00 bits per heavy atom. The predicted molar refractivity (Wildman–Crippen MR) is 86.8 cm³/mol. The van der Waals surface area contributed by atoms with Crippen molar-refractivity contribution in [2.45, 2.75) is 45.2 Å². The van der Waals surface area contributed by atoms with E-state index >= 15 is 0 Å². The number of likely N-dealkylation sites (tertiary alicyclic amines) is 1. The smallest absolute Gasteiger partial charge is 0.244 e. The van der Waals surface area contributed by atoms with Crippen LogP contribution in [0.1, 0.15) is 49.8 Å². The summed E-state index contributed by atoms with van der Waals surface area (Å²) in [6, 6.07) is 8.34. The van der Waals surface area contributed by atoms with Gasteiger partial charge in [-0.05, 0) is 31.5 Å². The van der Waals surface area contributed by atoms with Crippen LogP contribution in [-0.2, 0) is 13.0 Å². The molecular formula is C17H21N5O. The Morgan fingerprint density at radius 2 is 2.17 bits per heavy atom. The summed E-state index contributed by atoms with van der Waals surface area (Å²) in [5.74, 6) is 2.53. The van der Waals surface area contributed by atoms with Gasteiger partial charge in [-0.25, -0.2) is 4.98 Å². The first-order chi connectivity index (χ1) is 11.3. The molecule has 1 N–H and O–H groups in total. The average molecular weight is 311 g/mol. The van der Waals surface area contributed by atoms with Crippen LogP contribution < -0.4 is 0 Å². The standard InChI is InChI=1S/C17H21N5O/c1-2-15-20-17(23-21-15)14-9-5-6-10-22(14)11-16-18-12-7-3-4-8-13(12)19-16/h3-4,7-8,14H,2,5-6,9-11H2,1H3,(H,18,19). The molecule has 0 bridgehead atoms. The highest BCUT2D eigenvalue weighted by atomic mass is 16.5. The summed E-state index contributed by atoms with van der Waals surface area (Å²) in [7, 11) is 0. The number of nitrogens with one attached hydrogen (secondary N) is 1. The Bertz CT molecular complexity index is 760. The van der Waals surface area contributed by atoms with Crippen molar-refractivity contribution in [1.82, 2.24) is 25.0 Å². The van der Waals surface area contributed by atoms with Gasteiger partial charge in [0.25, 0.3) is 0 Å². The molecule has 0 saturated carbocycles. The first kappa shape index (κ1) is 14.4. The lowest BCUT2D eigenvalue weighted by atomic mass is 10.0. The van der Waals surface area contributed by atoms with Gasteiger partial charge in [-0.3, -0.25) is 4.90 Å². The van der Waals surface area contributed by atoms with Crippen molar-refractivity contribution in [2.75, 3.05) is 6.54 Å². The van der Waals surface area contributed by atoms with Crippen LogP contribution in [0.2, 0.25) is 0 Å². The van der Waals surface area contributed by atoms with E-state index in [9.17, 15) is 0 Å². The third kappa shape index (κ3) is 2.86. The molecule has 1 aliphatic heterocycles. The molecule has 2 aromatic heterocycles. The van der Waals surface area contributed by atoms with Crippen LogP contribution in [-0.4, -0.2) is 31.6 Å². The second-order valence-corrected chi connectivity index (χ2v) is 6.09. The van der Waals surface area contributed by atoms with E-state index in [1.807, 2.05) is 25.1 Å². The molecule has 1 fully saturated rings. The topological polar surface area (TPSA) is 70.8 Å². The summed E-state index contributed by atoms with van der Waals surface area (Å²) < 4.78 is 5.49. The largest absolute Gasteiger partial charge is 0.341 e. The number of aromatic nitrogens is 4.